The van der Waals surface area contributed by atoms with Gasteiger partial charge in [0.1, 0.15) is 6.10 Å². The summed E-state index contributed by atoms with van der Waals surface area (Å²) in [5.41, 5.74) is 4.24. The summed E-state index contributed by atoms with van der Waals surface area (Å²) in [5, 5.41) is 0. The van der Waals surface area contributed by atoms with Gasteiger partial charge in [-0.1, -0.05) is 30.3 Å². The van der Waals surface area contributed by atoms with Crippen LogP contribution in [0.4, 0.5) is 0 Å². The Labute approximate surface area is 168 Å². The summed E-state index contributed by atoms with van der Waals surface area (Å²) < 4.78 is 6.16. The van der Waals surface area contributed by atoms with Crippen molar-refractivity contribution >= 4 is 0 Å². The molecule has 0 spiro atoms. The number of benzene rings is 1. The molecule has 1 saturated carbocycles. The van der Waals surface area contributed by atoms with Crippen LogP contribution in [0.15, 0.2) is 42.6 Å². The van der Waals surface area contributed by atoms with E-state index >= 15 is 0 Å². The topological polar surface area (TPSA) is 28.6 Å². The number of pyridine rings is 1. The Morgan fingerprint density at radius 3 is 2.46 bits per heavy atom. The van der Waals surface area contributed by atoms with Gasteiger partial charge >= 0.3 is 0 Å². The number of ether oxygens (including phenoxy) is 1. The smallest absolute Gasteiger partial charge is 0.213 e. The van der Waals surface area contributed by atoms with Crippen molar-refractivity contribution in [3.8, 4) is 5.88 Å². The van der Waals surface area contributed by atoms with Gasteiger partial charge in [-0.15, -0.1) is 0 Å². The van der Waals surface area contributed by atoms with Crippen molar-refractivity contribution in [1.82, 2.24) is 14.8 Å². The molecule has 4 heteroatoms. The summed E-state index contributed by atoms with van der Waals surface area (Å²) in [6, 6.07) is 13.1. The van der Waals surface area contributed by atoms with Crippen molar-refractivity contribution in [3.63, 3.8) is 0 Å². The summed E-state index contributed by atoms with van der Waals surface area (Å²) in [4.78, 5) is 9.72. The Kier molecular flexibility index (Phi) is 5.32. The SMILES string of the molecule is c1ccc2c(c1)CCN(Cc1ccc(OC3CCN(CC4CC4)CC3)nc1)C2. The first-order valence-electron chi connectivity index (χ1n) is 10.9. The van der Waals surface area contributed by atoms with Gasteiger partial charge in [0.25, 0.3) is 0 Å². The number of hydrogen-bond acceptors (Lipinski definition) is 4. The second kappa shape index (κ2) is 8.22. The Bertz CT molecular complexity index is 779. The highest BCUT2D eigenvalue weighted by Crippen LogP contribution is 2.31. The first kappa shape index (κ1) is 18.1. The van der Waals surface area contributed by atoms with Gasteiger partial charge in [0, 0.05) is 51.5 Å². The average molecular weight is 378 g/mol. The Balaban J connectivity index is 1.10. The second-order valence-corrected chi connectivity index (χ2v) is 8.80. The molecule has 1 aromatic heterocycles. The van der Waals surface area contributed by atoms with Gasteiger partial charge in [0.15, 0.2) is 0 Å². The lowest BCUT2D eigenvalue weighted by Crippen LogP contribution is -2.39. The molecule has 28 heavy (non-hydrogen) atoms. The van der Waals surface area contributed by atoms with Crippen LogP contribution >= 0.6 is 0 Å². The van der Waals surface area contributed by atoms with Crippen LogP contribution in [0, 0.1) is 5.92 Å². The van der Waals surface area contributed by atoms with Gasteiger partial charge in [-0.2, -0.15) is 0 Å². The van der Waals surface area contributed by atoms with Crippen molar-refractivity contribution < 1.29 is 4.74 Å². The second-order valence-electron chi connectivity index (χ2n) is 8.80. The van der Waals surface area contributed by atoms with E-state index in [9.17, 15) is 0 Å². The largest absolute Gasteiger partial charge is 0.474 e. The van der Waals surface area contributed by atoms with Gasteiger partial charge < -0.3 is 9.64 Å². The highest BCUT2D eigenvalue weighted by Gasteiger charge is 2.27. The van der Waals surface area contributed by atoms with Crippen LogP contribution in [-0.2, 0) is 19.5 Å². The number of aromatic nitrogens is 1. The van der Waals surface area contributed by atoms with Crippen LogP contribution in [0.5, 0.6) is 5.88 Å². The zero-order valence-electron chi connectivity index (χ0n) is 16.7. The first-order valence-corrected chi connectivity index (χ1v) is 10.9. The summed E-state index contributed by atoms with van der Waals surface area (Å²) in [5.74, 6) is 1.77. The number of nitrogens with zero attached hydrogens (tertiary/aromatic N) is 3. The number of rotatable bonds is 6. The number of hydrogen-bond donors (Lipinski definition) is 0. The minimum Gasteiger partial charge on any atom is -0.474 e. The number of fused-ring (bicyclic) bond motifs is 1. The van der Waals surface area contributed by atoms with Crippen LogP contribution in [0.2, 0.25) is 0 Å². The third-order valence-corrected chi connectivity index (χ3v) is 6.45. The average Bonchev–Trinajstić information content (AvgIpc) is 3.55. The van der Waals surface area contributed by atoms with Crippen molar-refractivity contribution in [3.05, 3.63) is 59.3 Å². The van der Waals surface area contributed by atoms with Gasteiger partial charge in [-0.05, 0) is 54.7 Å². The summed E-state index contributed by atoms with van der Waals surface area (Å²) in [6.45, 7) is 6.77. The molecular weight excluding hydrogens is 346 g/mol. The predicted octanol–water partition coefficient (Wildman–Crippen LogP) is 3.89. The van der Waals surface area contributed by atoms with Crippen LogP contribution in [0.3, 0.4) is 0 Å². The van der Waals surface area contributed by atoms with Crippen LogP contribution in [0.1, 0.15) is 42.4 Å². The monoisotopic (exact) mass is 377 g/mol. The molecule has 2 aromatic rings. The molecule has 0 atom stereocenters. The maximum absolute atomic E-state index is 6.16. The van der Waals surface area contributed by atoms with E-state index in [-0.39, 0.29) is 0 Å². The Morgan fingerprint density at radius 2 is 1.71 bits per heavy atom. The van der Waals surface area contributed by atoms with E-state index in [4.69, 9.17) is 4.74 Å². The highest BCUT2D eigenvalue weighted by molar-refractivity contribution is 5.29. The fraction of sp³-hybridized carbons (Fsp3) is 0.542. The van der Waals surface area contributed by atoms with Crippen molar-refractivity contribution in [1.29, 1.82) is 0 Å². The van der Waals surface area contributed by atoms with Gasteiger partial charge in [-0.3, -0.25) is 4.90 Å². The van der Waals surface area contributed by atoms with Gasteiger partial charge in [0.2, 0.25) is 5.88 Å². The summed E-state index contributed by atoms with van der Waals surface area (Å²) in [6.07, 6.45) is 8.61. The molecule has 5 rings (SSSR count). The fourth-order valence-electron chi connectivity index (χ4n) is 4.57. The van der Waals surface area contributed by atoms with E-state index in [1.807, 2.05) is 6.20 Å². The fourth-order valence-corrected chi connectivity index (χ4v) is 4.57. The van der Waals surface area contributed by atoms with Gasteiger partial charge in [-0.25, -0.2) is 4.98 Å². The quantitative estimate of drug-likeness (QED) is 0.764. The molecule has 148 valence electrons. The summed E-state index contributed by atoms with van der Waals surface area (Å²) in [7, 11) is 0. The molecule has 0 N–H and O–H groups in total. The number of likely N-dealkylation sites (tertiary alicyclic amines) is 1. The van der Waals surface area contributed by atoms with Crippen LogP contribution < -0.4 is 4.74 Å². The molecule has 0 amide bonds. The molecule has 0 bridgehead atoms. The molecule has 2 fully saturated rings. The zero-order chi connectivity index (χ0) is 18.8. The van der Waals surface area contributed by atoms with E-state index in [1.165, 1.54) is 49.2 Å². The maximum atomic E-state index is 6.16. The molecule has 3 aliphatic rings. The normalized spacial score (nSPS) is 21.4. The van der Waals surface area contributed by atoms with E-state index in [2.05, 4.69) is 51.2 Å². The number of piperidine rings is 1. The molecule has 1 aromatic carbocycles. The highest BCUT2D eigenvalue weighted by atomic mass is 16.5. The standard InChI is InChI=1S/C24H31N3O/c1-2-4-22-18-27(12-9-21(22)3-1)17-20-7-8-24(25-15-20)28-23-10-13-26(14-11-23)16-19-5-6-19/h1-4,7-8,15,19,23H,5-6,9-14,16-18H2. The molecule has 1 aliphatic carbocycles. The molecule has 0 unspecified atom stereocenters. The predicted molar refractivity (Wildman–Crippen MR) is 111 cm³/mol. The molecule has 2 aliphatic heterocycles. The summed E-state index contributed by atoms with van der Waals surface area (Å²) >= 11 is 0. The third-order valence-electron chi connectivity index (χ3n) is 6.45. The minimum absolute atomic E-state index is 0.326. The molecular formula is C24H31N3O. The van der Waals surface area contributed by atoms with Gasteiger partial charge in [0.05, 0.1) is 0 Å². The van der Waals surface area contributed by atoms with E-state index in [1.54, 1.807) is 0 Å². The minimum atomic E-state index is 0.326. The zero-order valence-corrected chi connectivity index (χ0v) is 16.7. The lowest BCUT2D eigenvalue weighted by molar-refractivity contribution is 0.0944. The molecule has 3 heterocycles. The van der Waals surface area contributed by atoms with Crippen molar-refractivity contribution in [2.24, 2.45) is 5.92 Å². The first-order chi connectivity index (χ1) is 13.8. The Hall–Kier alpha value is -1.91. The van der Waals surface area contributed by atoms with Crippen LogP contribution in [0.25, 0.3) is 0 Å². The van der Waals surface area contributed by atoms with E-state index in [0.29, 0.717) is 6.10 Å². The molecule has 0 radical (unpaired) electrons. The lowest BCUT2D eigenvalue weighted by atomic mass is 10.00. The van der Waals surface area contributed by atoms with Crippen LogP contribution in [-0.4, -0.2) is 47.1 Å². The van der Waals surface area contributed by atoms with Crippen molar-refractivity contribution in [2.45, 2.75) is 51.3 Å². The molecule has 1 saturated heterocycles. The Morgan fingerprint density at radius 1 is 0.893 bits per heavy atom. The van der Waals surface area contributed by atoms with E-state index < -0.39 is 0 Å². The maximum Gasteiger partial charge on any atom is 0.213 e. The lowest BCUT2D eigenvalue weighted by Gasteiger charge is -2.32. The van der Waals surface area contributed by atoms with Crippen molar-refractivity contribution in [2.75, 3.05) is 26.2 Å². The van der Waals surface area contributed by atoms with E-state index in [0.717, 1.165) is 50.7 Å². The molecule has 4 nitrogen and oxygen atoms in total. The third kappa shape index (κ3) is 4.56.